The highest BCUT2D eigenvalue weighted by molar-refractivity contribution is 6.30. The Morgan fingerprint density at radius 1 is 1.07 bits per heavy atom. The largest absolute Gasteiger partial charge is 0.380 e. The molecule has 7 heteroatoms. The van der Waals surface area contributed by atoms with Gasteiger partial charge in [-0.1, -0.05) is 35.9 Å². The molecule has 2 heterocycles. The van der Waals surface area contributed by atoms with Crippen LogP contribution < -0.4 is 5.32 Å². The average Bonchev–Trinajstić information content (AvgIpc) is 3.26. The number of nitrogens with zero attached hydrogens (tertiary/aromatic N) is 1. The Bertz CT molecular complexity index is 836. The van der Waals surface area contributed by atoms with Crippen LogP contribution in [-0.2, 0) is 9.57 Å². The summed E-state index contributed by atoms with van der Waals surface area (Å²) in [6, 6.07) is 13.8. The van der Waals surface area contributed by atoms with E-state index < -0.39 is 17.9 Å². The molecular weight excluding hydrogens is 368 g/mol. The quantitative estimate of drug-likeness (QED) is 0.800. The number of carbonyl (C=O) groups is 2. The average molecular weight is 387 g/mol. The van der Waals surface area contributed by atoms with Gasteiger partial charge in [0.05, 0.1) is 17.2 Å². The molecule has 140 valence electrons. The predicted molar refractivity (Wildman–Crippen MR) is 99.4 cm³/mol. The molecule has 0 bridgehead atoms. The predicted octanol–water partition coefficient (Wildman–Crippen LogP) is 2.99. The van der Waals surface area contributed by atoms with Crippen LogP contribution in [0.3, 0.4) is 0 Å². The highest BCUT2D eigenvalue weighted by atomic mass is 35.5. The van der Waals surface area contributed by atoms with Gasteiger partial charge >= 0.3 is 0 Å². The second-order valence-electron chi connectivity index (χ2n) is 6.64. The first kappa shape index (κ1) is 18.1. The van der Waals surface area contributed by atoms with Crippen LogP contribution in [0.2, 0.25) is 5.02 Å². The lowest BCUT2D eigenvalue weighted by Crippen LogP contribution is -2.38. The molecule has 0 spiro atoms. The van der Waals surface area contributed by atoms with Gasteiger partial charge in [-0.2, -0.15) is 0 Å². The van der Waals surface area contributed by atoms with Crippen LogP contribution in [0.1, 0.15) is 38.8 Å². The minimum absolute atomic E-state index is 0.0515. The molecular formula is C20H19ClN2O4. The molecule has 27 heavy (non-hydrogen) atoms. The maximum atomic E-state index is 12.7. The van der Waals surface area contributed by atoms with Crippen molar-refractivity contribution in [2.45, 2.75) is 24.7 Å². The topological polar surface area (TPSA) is 67.9 Å². The SMILES string of the molecule is CO[C@H]1CN[C@H](C(ON2C(=O)c3ccccc3C2=O)c2ccc(Cl)cc2)C1. The van der Waals surface area contributed by atoms with Gasteiger partial charge in [0, 0.05) is 24.7 Å². The molecule has 3 atom stereocenters. The number of fused-ring (bicyclic) bond motifs is 1. The van der Waals surface area contributed by atoms with Crippen LogP contribution >= 0.6 is 11.6 Å². The van der Waals surface area contributed by atoms with Crippen molar-refractivity contribution in [3.05, 3.63) is 70.2 Å². The fourth-order valence-corrected chi connectivity index (χ4v) is 3.66. The maximum Gasteiger partial charge on any atom is 0.285 e. The van der Waals surface area contributed by atoms with Crippen LogP contribution in [0.5, 0.6) is 0 Å². The normalized spacial score (nSPS) is 23.0. The van der Waals surface area contributed by atoms with Gasteiger partial charge in [0.15, 0.2) is 0 Å². The summed E-state index contributed by atoms with van der Waals surface area (Å²) in [6.07, 6.45) is 0.215. The monoisotopic (exact) mass is 386 g/mol. The summed E-state index contributed by atoms with van der Waals surface area (Å²) in [6.45, 7) is 0.677. The van der Waals surface area contributed by atoms with E-state index in [2.05, 4.69) is 5.32 Å². The van der Waals surface area contributed by atoms with Crippen LogP contribution in [0.15, 0.2) is 48.5 Å². The summed E-state index contributed by atoms with van der Waals surface area (Å²) in [5, 5.41) is 4.83. The number of carbonyl (C=O) groups excluding carboxylic acids is 2. The number of rotatable bonds is 5. The Morgan fingerprint density at radius 3 is 2.26 bits per heavy atom. The van der Waals surface area contributed by atoms with E-state index in [1.807, 2.05) is 12.1 Å². The third kappa shape index (κ3) is 3.37. The summed E-state index contributed by atoms with van der Waals surface area (Å²) in [4.78, 5) is 31.3. The molecule has 0 radical (unpaired) electrons. The van der Waals surface area contributed by atoms with Gasteiger partial charge in [0.1, 0.15) is 6.10 Å². The first-order valence-electron chi connectivity index (χ1n) is 8.74. The van der Waals surface area contributed by atoms with Gasteiger partial charge in [0.25, 0.3) is 11.8 Å². The molecule has 2 aliphatic rings. The molecule has 1 fully saturated rings. The standard InChI is InChI=1S/C20H19ClN2O4/c1-26-14-10-17(22-11-14)18(12-6-8-13(21)9-7-12)27-23-19(24)15-4-2-3-5-16(15)20(23)25/h2-9,14,17-18,22H,10-11H2,1H3/t14-,17+,18?/m1/s1. The van der Waals surface area contributed by atoms with Gasteiger partial charge in [-0.25, -0.2) is 0 Å². The van der Waals surface area contributed by atoms with Crippen molar-refractivity contribution in [3.8, 4) is 0 Å². The minimum atomic E-state index is -0.537. The minimum Gasteiger partial charge on any atom is -0.380 e. The molecule has 2 aromatic rings. The Kier molecular flexibility index (Phi) is 4.97. The van der Waals surface area contributed by atoms with Gasteiger partial charge in [0.2, 0.25) is 0 Å². The van der Waals surface area contributed by atoms with Crippen molar-refractivity contribution >= 4 is 23.4 Å². The molecule has 2 amide bonds. The summed E-state index contributed by atoms with van der Waals surface area (Å²) in [5.74, 6) is -0.897. The van der Waals surface area contributed by atoms with E-state index in [1.165, 1.54) is 0 Å². The van der Waals surface area contributed by atoms with Crippen molar-refractivity contribution in [1.82, 2.24) is 10.4 Å². The number of ether oxygens (including phenoxy) is 1. The Hall–Kier alpha value is -2.25. The van der Waals surface area contributed by atoms with E-state index in [0.717, 1.165) is 10.6 Å². The second kappa shape index (κ2) is 7.40. The molecule has 0 aliphatic carbocycles. The van der Waals surface area contributed by atoms with Crippen LogP contribution in [0.25, 0.3) is 0 Å². The molecule has 0 saturated carbocycles. The highest BCUT2D eigenvalue weighted by Crippen LogP contribution is 2.32. The number of nitrogens with one attached hydrogen (secondary N) is 1. The Balaban J connectivity index is 1.63. The van der Waals surface area contributed by atoms with E-state index in [4.69, 9.17) is 21.2 Å². The fourth-order valence-electron chi connectivity index (χ4n) is 3.54. The third-order valence-corrected chi connectivity index (χ3v) is 5.25. The molecule has 2 aliphatic heterocycles. The van der Waals surface area contributed by atoms with E-state index in [-0.39, 0.29) is 12.1 Å². The lowest BCUT2D eigenvalue weighted by atomic mass is 10.0. The molecule has 4 rings (SSSR count). The number of hydrogen-bond acceptors (Lipinski definition) is 5. The van der Waals surface area contributed by atoms with Gasteiger partial charge in [-0.3, -0.25) is 14.4 Å². The lowest BCUT2D eigenvalue weighted by Gasteiger charge is -2.27. The molecule has 1 N–H and O–H groups in total. The third-order valence-electron chi connectivity index (χ3n) is 5.00. The van der Waals surface area contributed by atoms with Gasteiger partial charge < -0.3 is 10.1 Å². The van der Waals surface area contributed by atoms with Crippen molar-refractivity contribution in [2.75, 3.05) is 13.7 Å². The molecule has 1 saturated heterocycles. The van der Waals surface area contributed by atoms with Crippen molar-refractivity contribution in [2.24, 2.45) is 0 Å². The fraction of sp³-hybridized carbons (Fsp3) is 0.300. The summed E-state index contributed by atoms with van der Waals surface area (Å²) >= 11 is 6.00. The van der Waals surface area contributed by atoms with E-state index in [1.54, 1.807) is 43.5 Å². The zero-order valence-corrected chi connectivity index (χ0v) is 15.5. The number of methoxy groups -OCH3 is 1. The first-order chi connectivity index (χ1) is 13.1. The van der Waals surface area contributed by atoms with Crippen molar-refractivity contribution in [1.29, 1.82) is 0 Å². The lowest BCUT2D eigenvalue weighted by molar-refractivity contribution is -0.143. The Morgan fingerprint density at radius 2 is 1.70 bits per heavy atom. The van der Waals surface area contributed by atoms with E-state index in [9.17, 15) is 9.59 Å². The zero-order chi connectivity index (χ0) is 19.0. The number of imide groups is 1. The number of benzene rings is 2. The summed E-state index contributed by atoms with van der Waals surface area (Å²) < 4.78 is 5.42. The number of amides is 2. The number of halogens is 1. The van der Waals surface area contributed by atoms with Crippen LogP contribution in [0.4, 0.5) is 0 Å². The van der Waals surface area contributed by atoms with Crippen molar-refractivity contribution < 1.29 is 19.2 Å². The summed E-state index contributed by atoms with van der Waals surface area (Å²) in [7, 11) is 1.66. The van der Waals surface area contributed by atoms with E-state index in [0.29, 0.717) is 29.1 Å². The number of hydrogen-bond donors (Lipinski definition) is 1. The molecule has 2 aromatic carbocycles. The zero-order valence-electron chi connectivity index (χ0n) is 14.7. The van der Waals surface area contributed by atoms with Crippen molar-refractivity contribution in [3.63, 3.8) is 0 Å². The van der Waals surface area contributed by atoms with Crippen LogP contribution in [-0.4, -0.2) is 42.7 Å². The van der Waals surface area contributed by atoms with Crippen LogP contribution in [0, 0.1) is 0 Å². The van der Waals surface area contributed by atoms with Gasteiger partial charge in [-0.05, 0) is 36.2 Å². The molecule has 1 unspecified atom stereocenters. The van der Waals surface area contributed by atoms with E-state index >= 15 is 0 Å². The molecule has 6 nitrogen and oxygen atoms in total. The smallest absolute Gasteiger partial charge is 0.285 e. The van der Waals surface area contributed by atoms with Gasteiger partial charge in [-0.15, -0.1) is 5.06 Å². The summed E-state index contributed by atoms with van der Waals surface area (Å²) in [5.41, 5.74) is 1.53. The first-order valence-corrected chi connectivity index (χ1v) is 9.12. The highest BCUT2D eigenvalue weighted by Gasteiger charge is 2.41. The Labute approximate surface area is 162 Å². The molecule has 0 aromatic heterocycles. The number of hydroxylamine groups is 2. The second-order valence-corrected chi connectivity index (χ2v) is 7.07. The maximum absolute atomic E-state index is 12.7.